The van der Waals surface area contributed by atoms with Gasteiger partial charge in [0.05, 0.1) is 5.60 Å². The van der Waals surface area contributed by atoms with Crippen LogP contribution in [0.4, 0.5) is 5.69 Å². The minimum absolute atomic E-state index is 0.119. The standard InChI is InChI=1S/C28H42N2O2/c1-22(19-23-9-3-2-4-10-23)26(31)30-18-16-28(32,27(20-30)14-7-8-15-27)21-29-17-13-24-11-5-6-12-25(24)29/h5-6,11-12,22-23,32H,2-4,7-10,13-21H2,1H3/t22-,28?/m1/s1. The summed E-state index contributed by atoms with van der Waals surface area (Å²) in [6.45, 7) is 5.33. The molecular weight excluding hydrogens is 396 g/mol. The second kappa shape index (κ2) is 9.00. The number of para-hydroxylation sites is 1. The van der Waals surface area contributed by atoms with Crippen LogP contribution in [0.1, 0.15) is 83.1 Å². The molecule has 1 aromatic carbocycles. The fraction of sp³-hybridized carbons (Fsp3) is 0.750. The van der Waals surface area contributed by atoms with Gasteiger partial charge in [-0.2, -0.15) is 0 Å². The summed E-state index contributed by atoms with van der Waals surface area (Å²) in [5.74, 6) is 1.20. The smallest absolute Gasteiger partial charge is 0.225 e. The summed E-state index contributed by atoms with van der Waals surface area (Å²) < 4.78 is 0. The Hall–Kier alpha value is -1.55. The van der Waals surface area contributed by atoms with Gasteiger partial charge in [-0.25, -0.2) is 0 Å². The van der Waals surface area contributed by atoms with E-state index in [1.54, 1.807) is 0 Å². The highest BCUT2D eigenvalue weighted by atomic mass is 16.3. The predicted molar refractivity (Wildman–Crippen MR) is 130 cm³/mol. The summed E-state index contributed by atoms with van der Waals surface area (Å²) in [4.78, 5) is 18.0. The quantitative estimate of drug-likeness (QED) is 0.689. The molecule has 4 nitrogen and oxygen atoms in total. The Morgan fingerprint density at radius 3 is 2.59 bits per heavy atom. The summed E-state index contributed by atoms with van der Waals surface area (Å²) >= 11 is 0. The van der Waals surface area contributed by atoms with Crippen molar-refractivity contribution in [1.29, 1.82) is 0 Å². The van der Waals surface area contributed by atoms with E-state index in [1.165, 1.54) is 56.2 Å². The van der Waals surface area contributed by atoms with E-state index in [9.17, 15) is 9.90 Å². The molecule has 2 atom stereocenters. The number of piperidine rings is 1. The van der Waals surface area contributed by atoms with Gasteiger partial charge >= 0.3 is 0 Å². The zero-order valence-electron chi connectivity index (χ0n) is 20.0. The van der Waals surface area contributed by atoms with E-state index in [0.717, 1.165) is 44.7 Å². The van der Waals surface area contributed by atoms with E-state index < -0.39 is 5.60 Å². The van der Waals surface area contributed by atoms with E-state index in [0.29, 0.717) is 25.4 Å². The average molecular weight is 439 g/mol. The largest absolute Gasteiger partial charge is 0.387 e. The van der Waals surface area contributed by atoms with Gasteiger partial charge in [-0.1, -0.05) is 70.1 Å². The molecule has 2 heterocycles. The number of carbonyl (C=O) groups is 1. The molecule has 0 radical (unpaired) electrons. The van der Waals surface area contributed by atoms with Gasteiger partial charge < -0.3 is 14.9 Å². The van der Waals surface area contributed by atoms with Crippen molar-refractivity contribution < 1.29 is 9.90 Å². The first-order valence-electron chi connectivity index (χ1n) is 13.3. The summed E-state index contributed by atoms with van der Waals surface area (Å²) in [6.07, 6.45) is 14.0. The molecule has 1 N–H and O–H groups in total. The van der Waals surface area contributed by atoms with Crippen LogP contribution >= 0.6 is 0 Å². The van der Waals surface area contributed by atoms with E-state index in [-0.39, 0.29) is 11.3 Å². The fourth-order valence-corrected chi connectivity index (χ4v) is 7.51. The molecule has 2 aliphatic heterocycles. The van der Waals surface area contributed by atoms with Gasteiger partial charge in [-0.05, 0) is 49.7 Å². The first-order chi connectivity index (χ1) is 15.5. The third-order valence-corrected chi connectivity index (χ3v) is 9.42. The average Bonchev–Trinajstić information content (AvgIpc) is 3.44. The SMILES string of the molecule is C[C@H](CC1CCCCC1)C(=O)N1CCC(O)(CN2CCc3ccccc32)C2(CCCC2)C1. The number of anilines is 1. The fourth-order valence-electron chi connectivity index (χ4n) is 7.51. The highest BCUT2D eigenvalue weighted by Crippen LogP contribution is 2.52. The van der Waals surface area contributed by atoms with Crippen molar-refractivity contribution in [2.45, 2.75) is 89.6 Å². The number of β-amino-alcohol motifs (C(OH)–C–C–N with tert-alkyl or cyclic N) is 1. The second-order valence-electron chi connectivity index (χ2n) is 11.5. The second-order valence-corrected chi connectivity index (χ2v) is 11.5. The van der Waals surface area contributed by atoms with Crippen LogP contribution < -0.4 is 4.90 Å². The van der Waals surface area contributed by atoms with Crippen LogP contribution in [0.15, 0.2) is 24.3 Å². The zero-order chi connectivity index (χ0) is 22.2. The molecule has 2 aliphatic carbocycles. The Morgan fingerprint density at radius 1 is 1.06 bits per heavy atom. The molecule has 5 rings (SSSR count). The summed E-state index contributed by atoms with van der Waals surface area (Å²) in [7, 11) is 0. The maximum absolute atomic E-state index is 13.5. The van der Waals surface area contributed by atoms with Gasteiger partial charge in [-0.15, -0.1) is 0 Å². The molecule has 32 heavy (non-hydrogen) atoms. The maximum Gasteiger partial charge on any atom is 0.225 e. The highest BCUT2D eigenvalue weighted by molar-refractivity contribution is 5.78. The van der Waals surface area contributed by atoms with E-state index >= 15 is 0 Å². The zero-order valence-corrected chi connectivity index (χ0v) is 20.0. The van der Waals surface area contributed by atoms with Crippen LogP contribution in [0, 0.1) is 17.3 Å². The Kier molecular flexibility index (Phi) is 6.26. The molecule has 3 fully saturated rings. The number of likely N-dealkylation sites (tertiary alicyclic amines) is 1. The number of hydrogen-bond donors (Lipinski definition) is 1. The van der Waals surface area contributed by atoms with Crippen LogP contribution in [0.2, 0.25) is 0 Å². The van der Waals surface area contributed by atoms with Crippen LogP contribution in [-0.4, -0.2) is 47.7 Å². The number of rotatable bonds is 5. The van der Waals surface area contributed by atoms with Crippen molar-refractivity contribution in [3.63, 3.8) is 0 Å². The van der Waals surface area contributed by atoms with Crippen molar-refractivity contribution in [3.8, 4) is 0 Å². The number of carbonyl (C=O) groups excluding carboxylic acids is 1. The third-order valence-electron chi connectivity index (χ3n) is 9.42. The molecule has 4 aliphatic rings. The minimum Gasteiger partial charge on any atom is -0.387 e. The molecule has 4 heteroatoms. The lowest BCUT2D eigenvalue weighted by Gasteiger charge is -2.54. The first-order valence-corrected chi connectivity index (χ1v) is 13.3. The lowest BCUT2D eigenvalue weighted by molar-refractivity contribution is -0.157. The van der Waals surface area contributed by atoms with Gasteiger partial charge in [0.2, 0.25) is 5.91 Å². The third kappa shape index (κ3) is 4.08. The van der Waals surface area contributed by atoms with Gasteiger partial charge in [-0.3, -0.25) is 4.79 Å². The number of benzene rings is 1. The molecule has 2 saturated carbocycles. The number of nitrogens with zero attached hydrogens (tertiary/aromatic N) is 2. The lowest BCUT2D eigenvalue weighted by Crippen LogP contribution is -2.64. The Balaban J connectivity index is 1.28. The summed E-state index contributed by atoms with van der Waals surface area (Å²) in [5, 5.41) is 12.1. The summed E-state index contributed by atoms with van der Waals surface area (Å²) in [6, 6.07) is 8.66. The first kappa shape index (κ1) is 22.3. The van der Waals surface area contributed by atoms with Gasteiger partial charge in [0.1, 0.15) is 0 Å². The number of amides is 1. The van der Waals surface area contributed by atoms with Crippen molar-refractivity contribution in [1.82, 2.24) is 4.90 Å². The number of fused-ring (bicyclic) bond motifs is 1. The normalized spacial score (nSPS) is 28.8. The Morgan fingerprint density at radius 2 is 1.81 bits per heavy atom. The summed E-state index contributed by atoms with van der Waals surface area (Å²) in [5.41, 5.74) is 1.86. The van der Waals surface area contributed by atoms with E-state index in [1.807, 2.05) is 0 Å². The van der Waals surface area contributed by atoms with Crippen LogP contribution in [0.25, 0.3) is 0 Å². The molecule has 1 unspecified atom stereocenters. The predicted octanol–water partition coefficient (Wildman–Crippen LogP) is 5.18. The number of hydrogen-bond acceptors (Lipinski definition) is 3. The van der Waals surface area contributed by atoms with E-state index in [4.69, 9.17) is 0 Å². The molecule has 1 aromatic rings. The maximum atomic E-state index is 13.5. The molecule has 0 aromatic heterocycles. The van der Waals surface area contributed by atoms with Gasteiger partial charge in [0.25, 0.3) is 0 Å². The molecule has 1 saturated heterocycles. The van der Waals surface area contributed by atoms with Gasteiger partial charge in [0.15, 0.2) is 0 Å². The van der Waals surface area contributed by atoms with Crippen molar-refractivity contribution in [2.75, 3.05) is 31.1 Å². The monoisotopic (exact) mass is 438 g/mol. The van der Waals surface area contributed by atoms with E-state index in [2.05, 4.69) is 41.0 Å². The Labute approximate surface area is 194 Å². The van der Waals surface area contributed by atoms with Crippen LogP contribution in [0.3, 0.4) is 0 Å². The minimum atomic E-state index is -0.704. The van der Waals surface area contributed by atoms with Crippen LogP contribution in [0.5, 0.6) is 0 Å². The van der Waals surface area contributed by atoms with Crippen molar-refractivity contribution in [3.05, 3.63) is 29.8 Å². The molecular formula is C28H42N2O2. The molecule has 1 spiro atoms. The highest BCUT2D eigenvalue weighted by Gasteiger charge is 2.56. The molecule has 1 amide bonds. The lowest BCUT2D eigenvalue weighted by atomic mass is 9.65. The molecule has 176 valence electrons. The Bertz CT molecular complexity index is 811. The topological polar surface area (TPSA) is 43.8 Å². The van der Waals surface area contributed by atoms with Crippen LogP contribution in [-0.2, 0) is 11.2 Å². The van der Waals surface area contributed by atoms with Gasteiger partial charge in [0, 0.05) is 43.2 Å². The van der Waals surface area contributed by atoms with Crippen molar-refractivity contribution in [2.24, 2.45) is 17.3 Å². The molecule has 0 bridgehead atoms. The van der Waals surface area contributed by atoms with Crippen molar-refractivity contribution >= 4 is 11.6 Å². The number of aliphatic hydroxyl groups is 1.